The lowest BCUT2D eigenvalue weighted by Crippen LogP contribution is -2.29. The predicted octanol–water partition coefficient (Wildman–Crippen LogP) is 1.05. The first-order valence-electron chi connectivity index (χ1n) is 4.46. The maximum atomic E-state index is 12.9. The van der Waals surface area contributed by atoms with Gasteiger partial charge < -0.3 is 16.2 Å². The van der Waals surface area contributed by atoms with E-state index in [4.69, 9.17) is 5.73 Å². The Morgan fingerprint density at radius 1 is 1.50 bits per heavy atom. The van der Waals surface area contributed by atoms with Crippen molar-refractivity contribution in [3.05, 3.63) is 29.6 Å². The topological polar surface area (TPSA) is 58.3 Å². The highest BCUT2D eigenvalue weighted by atomic mass is 19.1. The van der Waals surface area contributed by atoms with Gasteiger partial charge >= 0.3 is 0 Å². The van der Waals surface area contributed by atoms with Gasteiger partial charge in [0.1, 0.15) is 5.82 Å². The van der Waals surface area contributed by atoms with Crippen LogP contribution in [0.5, 0.6) is 0 Å². The summed E-state index contributed by atoms with van der Waals surface area (Å²) < 4.78 is 12.9. The summed E-state index contributed by atoms with van der Waals surface area (Å²) in [7, 11) is 1.73. The maximum absolute atomic E-state index is 12.9. The van der Waals surface area contributed by atoms with Crippen molar-refractivity contribution in [3.8, 4) is 0 Å². The fourth-order valence-corrected chi connectivity index (χ4v) is 1.23. The minimum atomic E-state index is -0.796. The molecule has 1 aromatic rings. The Morgan fingerprint density at radius 3 is 2.71 bits per heavy atom. The van der Waals surface area contributed by atoms with E-state index in [0.717, 1.165) is 0 Å². The minimum Gasteiger partial charge on any atom is -0.398 e. The largest absolute Gasteiger partial charge is 0.398 e. The number of nitrogens with two attached hydrogens (primary N) is 1. The van der Waals surface area contributed by atoms with Crippen LogP contribution in [0.4, 0.5) is 10.1 Å². The number of likely N-dealkylation sites (N-methyl/N-ethyl adjacent to an activating group) is 1. The van der Waals surface area contributed by atoms with Gasteiger partial charge in [-0.25, -0.2) is 4.39 Å². The Kier molecular flexibility index (Phi) is 3.43. The van der Waals surface area contributed by atoms with E-state index in [1.807, 2.05) is 0 Å². The van der Waals surface area contributed by atoms with Crippen LogP contribution in [0.3, 0.4) is 0 Å². The van der Waals surface area contributed by atoms with E-state index in [-0.39, 0.29) is 6.04 Å². The fourth-order valence-electron chi connectivity index (χ4n) is 1.23. The number of aliphatic hydroxyl groups is 1. The average Bonchev–Trinajstić information content (AvgIpc) is 2.19. The predicted molar refractivity (Wildman–Crippen MR) is 54.3 cm³/mol. The molecule has 1 rings (SSSR count). The SMILES string of the molecule is CNC(C)C(O)c1cc(F)ccc1N. The average molecular weight is 198 g/mol. The van der Waals surface area contributed by atoms with E-state index in [9.17, 15) is 9.50 Å². The molecular weight excluding hydrogens is 183 g/mol. The van der Waals surface area contributed by atoms with Gasteiger partial charge in [-0.2, -0.15) is 0 Å². The summed E-state index contributed by atoms with van der Waals surface area (Å²) in [5, 5.41) is 12.7. The number of anilines is 1. The van der Waals surface area contributed by atoms with Crippen molar-refractivity contribution in [2.24, 2.45) is 0 Å². The van der Waals surface area contributed by atoms with E-state index >= 15 is 0 Å². The lowest BCUT2D eigenvalue weighted by Gasteiger charge is -2.19. The Hall–Kier alpha value is -1.13. The number of halogens is 1. The molecule has 0 saturated carbocycles. The summed E-state index contributed by atoms with van der Waals surface area (Å²) in [6, 6.07) is 3.82. The first-order chi connectivity index (χ1) is 6.56. The molecule has 0 aliphatic carbocycles. The van der Waals surface area contributed by atoms with Crippen LogP contribution in [0.2, 0.25) is 0 Å². The van der Waals surface area contributed by atoms with Gasteiger partial charge in [0.15, 0.2) is 0 Å². The highest BCUT2D eigenvalue weighted by Gasteiger charge is 2.17. The van der Waals surface area contributed by atoms with Crippen LogP contribution >= 0.6 is 0 Å². The Bertz CT molecular complexity index is 317. The van der Waals surface area contributed by atoms with Crippen LogP contribution in [0.15, 0.2) is 18.2 Å². The van der Waals surface area contributed by atoms with Gasteiger partial charge in [0.25, 0.3) is 0 Å². The molecule has 0 radical (unpaired) electrons. The smallest absolute Gasteiger partial charge is 0.123 e. The number of nitrogen functional groups attached to an aromatic ring is 1. The number of hydrogen-bond donors (Lipinski definition) is 3. The van der Waals surface area contributed by atoms with E-state index in [1.54, 1.807) is 14.0 Å². The van der Waals surface area contributed by atoms with Gasteiger partial charge in [-0.05, 0) is 32.2 Å². The monoisotopic (exact) mass is 198 g/mol. The second-order valence-corrected chi connectivity index (χ2v) is 3.30. The molecule has 0 aromatic heterocycles. The third-order valence-electron chi connectivity index (χ3n) is 2.30. The fraction of sp³-hybridized carbons (Fsp3) is 0.400. The molecule has 3 nitrogen and oxygen atoms in total. The van der Waals surface area contributed by atoms with Gasteiger partial charge in [0, 0.05) is 17.3 Å². The van der Waals surface area contributed by atoms with Crippen LogP contribution in [-0.4, -0.2) is 18.2 Å². The van der Waals surface area contributed by atoms with Crippen molar-refractivity contribution in [1.29, 1.82) is 0 Å². The van der Waals surface area contributed by atoms with Crippen LogP contribution < -0.4 is 11.1 Å². The molecule has 0 heterocycles. The van der Waals surface area contributed by atoms with Crippen molar-refractivity contribution in [2.75, 3.05) is 12.8 Å². The number of aliphatic hydroxyl groups excluding tert-OH is 1. The Labute approximate surface area is 82.7 Å². The van der Waals surface area contributed by atoms with E-state index in [0.29, 0.717) is 11.3 Å². The van der Waals surface area contributed by atoms with Crippen molar-refractivity contribution in [1.82, 2.24) is 5.32 Å². The van der Waals surface area contributed by atoms with Crippen LogP contribution in [-0.2, 0) is 0 Å². The summed E-state index contributed by atoms with van der Waals surface area (Å²) in [5.41, 5.74) is 6.46. The second-order valence-electron chi connectivity index (χ2n) is 3.30. The zero-order chi connectivity index (χ0) is 10.7. The first-order valence-corrected chi connectivity index (χ1v) is 4.46. The van der Waals surface area contributed by atoms with Gasteiger partial charge in [-0.1, -0.05) is 0 Å². The molecule has 4 N–H and O–H groups in total. The van der Waals surface area contributed by atoms with Gasteiger partial charge in [-0.3, -0.25) is 0 Å². The van der Waals surface area contributed by atoms with Crippen molar-refractivity contribution in [3.63, 3.8) is 0 Å². The minimum absolute atomic E-state index is 0.168. The van der Waals surface area contributed by atoms with Crippen LogP contribution in [0, 0.1) is 5.82 Å². The zero-order valence-electron chi connectivity index (χ0n) is 8.29. The van der Waals surface area contributed by atoms with E-state index < -0.39 is 11.9 Å². The molecule has 0 saturated heterocycles. The maximum Gasteiger partial charge on any atom is 0.123 e. The molecule has 0 bridgehead atoms. The summed E-state index contributed by atoms with van der Waals surface area (Å²) >= 11 is 0. The number of hydrogen-bond acceptors (Lipinski definition) is 3. The molecule has 2 unspecified atom stereocenters. The third-order valence-corrected chi connectivity index (χ3v) is 2.30. The number of benzene rings is 1. The van der Waals surface area contributed by atoms with Gasteiger partial charge in [0.05, 0.1) is 6.10 Å². The van der Waals surface area contributed by atoms with Crippen molar-refractivity contribution < 1.29 is 9.50 Å². The Morgan fingerprint density at radius 2 is 2.14 bits per heavy atom. The molecule has 78 valence electrons. The Balaban J connectivity index is 2.99. The zero-order valence-corrected chi connectivity index (χ0v) is 8.29. The van der Waals surface area contributed by atoms with E-state index in [1.165, 1.54) is 18.2 Å². The summed E-state index contributed by atoms with van der Waals surface area (Å²) in [6.45, 7) is 1.80. The molecule has 2 atom stereocenters. The lowest BCUT2D eigenvalue weighted by atomic mass is 10.0. The second kappa shape index (κ2) is 4.39. The van der Waals surface area contributed by atoms with Crippen LogP contribution in [0.1, 0.15) is 18.6 Å². The standard InChI is InChI=1S/C10H15FN2O/c1-6(13-2)10(14)8-5-7(11)3-4-9(8)12/h3-6,10,13-14H,12H2,1-2H3. The van der Waals surface area contributed by atoms with Gasteiger partial charge in [0.2, 0.25) is 0 Å². The molecule has 1 aromatic carbocycles. The first kappa shape index (κ1) is 10.9. The summed E-state index contributed by atoms with van der Waals surface area (Å²) in [5.74, 6) is -0.392. The van der Waals surface area contributed by atoms with Crippen LogP contribution in [0.25, 0.3) is 0 Å². The number of rotatable bonds is 3. The molecule has 14 heavy (non-hydrogen) atoms. The molecular formula is C10H15FN2O. The molecule has 0 aliphatic heterocycles. The normalized spacial score (nSPS) is 15.1. The molecule has 4 heteroatoms. The highest BCUT2D eigenvalue weighted by Crippen LogP contribution is 2.23. The lowest BCUT2D eigenvalue weighted by molar-refractivity contribution is 0.140. The summed E-state index contributed by atoms with van der Waals surface area (Å²) in [6.07, 6.45) is -0.796. The molecule has 0 amide bonds. The van der Waals surface area contributed by atoms with Crippen molar-refractivity contribution >= 4 is 5.69 Å². The van der Waals surface area contributed by atoms with E-state index in [2.05, 4.69) is 5.32 Å². The van der Waals surface area contributed by atoms with Gasteiger partial charge in [-0.15, -0.1) is 0 Å². The van der Waals surface area contributed by atoms with Crippen molar-refractivity contribution in [2.45, 2.75) is 19.1 Å². The molecule has 0 spiro atoms. The highest BCUT2D eigenvalue weighted by molar-refractivity contribution is 5.48. The molecule has 0 fully saturated rings. The molecule has 0 aliphatic rings. The third kappa shape index (κ3) is 2.21. The number of nitrogens with one attached hydrogen (secondary N) is 1. The quantitative estimate of drug-likeness (QED) is 0.636. The summed E-state index contributed by atoms with van der Waals surface area (Å²) in [4.78, 5) is 0.